The largest absolute Gasteiger partial charge is 0.479 e. The maximum atomic E-state index is 12.4. The molecule has 0 aliphatic carbocycles. The van der Waals surface area contributed by atoms with E-state index in [1.165, 1.54) is 0 Å². The fraction of sp³-hybridized carbons (Fsp3) is 0.333. The second-order valence-electron chi connectivity index (χ2n) is 6.47. The van der Waals surface area contributed by atoms with Crippen molar-refractivity contribution in [1.82, 2.24) is 0 Å². The van der Waals surface area contributed by atoms with Crippen molar-refractivity contribution in [2.75, 3.05) is 5.32 Å². The number of hydrogen-bond donors (Lipinski definition) is 1. The minimum Gasteiger partial charge on any atom is -0.479 e. The molecule has 0 radical (unpaired) electrons. The lowest BCUT2D eigenvalue weighted by Gasteiger charge is -2.16. The van der Waals surface area contributed by atoms with Gasteiger partial charge in [0.05, 0.1) is 6.10 Å². The van der Waals surface area contributed by atoms with Crippen LogP contribution in [-0.4, -0.2) is 24.1 Å². The van der Waals surface area contributed by atoms with Crippen LogP contribution in [0.3, 0.4) is 0 Å². The van der Waals surface area contributed by atoms with E-state index in [1.54, 1.807) is 45.0 Å². The van der Waals surface area contributed by atoms with Gasteiger partial charge in [-0.25, -0.2) is 4.79 Å². The van der Waals surface area contributed by atoms with E-state index in [-0.39, 0.29) is 12.0 Å². The summed E-state index contributed by atoms with van der Waals surface area (Å²) in [5.74, 6) is -0.115. The van der Waals surface area contributed by atoms with E-state index in [1.807, 2.05) is 32.0 Å². The van der Waals surface area contributed by atoms with E-state index in [0.717, 1.165) is 16.8 Å². The van der Waals surface area contributed by atoms with Crippen molar-refractivity contribution in [2.24, 2.45) is 0 Å². The molecule has 1 N–H and O–H groups in total. The monoisotopic (exact) mass is 355 g/mol. The molecule has 0 aromatic heterocycles. The highest BCUT2D eigenvalue weighted by atomic mass is 16.6. The predicted octanol–water partition coefficient (Wildman–Crippen LogP) is 4.27. The second-order valence-corrected chi connectivity index (χ2v) is 6.47. The van der Waals surface area contributed by atoms with Crippen LogP contribution in [0, 0.1) is 13.8 Å². The van der Waals surface area contributed by atoms with Gasteiger partial charge in [-0.3, -0.25) is 4.79 Å². The number of aryl methyl sites for hydroxylation is 1. The number of nitrogens with one attached hydrogen (secondary N) is 1. The van der Waals surface area contributed by atoms with Gasteiger partial charge in [0.15, 0.2) is 6.10 Å². The molecule has 138 valence electrons. The van der Waals surface area contributed by atoms with Crippen LogP contribution in [0.4, 0.5) is 5.69 Å². The maximum Gasteiger partial charge on any atom is 0.347 e. The van der Waals surface area contributed by atoms with Gasteiger partial charge in [-0.15, -0.1) is 0 Å². The van der Waals surface area contributed by atoms with Crippen LogP contribution in [-0.2, 0) is 9.53 Å². The lowest BCUT2D eigenvalue weighted by atomic mass is 10.1. The Morgan fingerprint density at radius 3 is 2.23 bits per heavy atom. The molecule has 1 amide bonds. The standard InChI is InChI=1S/C21H25NO4/c1-13(2)25-21(24)16(5)26-18-11-9-17(10-12-18)20(23)22-19-8-6-7-14(3)15(19)4/h6-13,16H,1-5H3,(H,22,23). The van der Waals surface area contributed by atoms with Crippen LogP contribution >= 0.6 is 0 Å². The Morgan fingerprint density at radius 2 is 1.62 bits per heavy atom. The minimum absolute atomic E-state index is 0.190. The second kappa shape index (κ2) is 8.52. The number of amides is 1. The highest BCUT2D eigenvalue weighted by Crippen LogP contribution is 2.20. The topological polar surface area (TPSA) is 64.6 Å². The van der Waals surface area contributed by atoms with Crippen LogP contribution < -0.4 is 10.1 Å². The van der Waals surface area contributed by atoms with Crippen molar-refractivity contribution < 1.29 is 19.1 Å². The van der Waals surface area contributed by atoms with E-state index < -0.39 is 12.1 Å². The third-order valence-corrected chi connectivity index (χ3v) is 3.97. The van der Waals surface area contributed by atoms with Gasteiger partial charge in [0.2, 0.25) is 0 Å². The highest BCUT2D eigenvalue weighted by molar-refractivity contribution is 6.04. The van der Waals surface area contributed by atoms with Gasteiger partial charge in [0.25, 0.3) is 5.91 Å². The van der Waals surface area contributed by atoms with E-state index in [9.17, 15) is 9.59 Å². The Balaban J connectivity index is 2.01. The fourth-order valence-corrected chi connectivity index (χ4v) is 2.35. The molecule has 0 aliphatic heterocycles. The van der Waals surface area contributed by atoms with E-state index >= 15 is 0 Å². The SMILES string of the molecule is Cc1cccc(NC(=O)c2ccc(OC(C)C(=O)OC(C)C)cc2)c1C. The van der Waals surface area contributed by atoms with Crippen LogP contribution in [0.2, 0.25) is 0 Å². The predicted molar refractivity (Wildman–Crippen MR) is 102 cm³/mol. The summed E-state index contributed by atoms with van der Waals surface area (Å²) in [5, 5.41) is 2.91. The molecular formula is C21H25NO4. The molecule has 1 atom stereocenters. The summed E-state index contributed by atoms with van der Waals surface area (Å²) in [6, 6.07) is 12.4. The molecule has 0 heterocycles. The van der Waals surface area contributed by atoms with Crippen molar-refractivity contribution in [3.8, 4) is 5.75 Å². The summed E-state index contributed by atoms with van der Waals surface area (Å²) in [5.41, 5.74) is 3.46. The molecule has 2 aromatic rings. The third kappa shape index (κ3) is 5.09. The van der Waals surface area contributed by atoms with Gasteiger partial charge in [-0.2, -0.15) is 0 Å². The van der Waals surface area contributed by atoms with Crippen LogP contribution in [0.1, 0.15) is 42.3 Å². The molecule has 1 unspecified atom stereocenters. The number of benzene rings is 2. The van der Waals surface area contributed by atoms with Crippen molar-refractivity contribution in [3.63, 3.8) is 0 Å². The zero-order valence-corrected chi connectivity index (χ0v) is 15.8. The average Bonchev–Trinajstić information content (AvgIpc) is 2.59. The number of ether oxygens (including phenoxy) is 2. The minimum atomic E-state index is -0.716. The Morgan fingerprint density at radius 1 is 0.962 bits per heavy atom. The molecule has 26 heavy (non-hydrogen) atoms. The smallest absolute Gasteiger partial charge is 0.347 e. The molecule has 2 rings (SSSR count). The van der Waals surface area contributed by atoms with E-state index in [4.69, 9.17) is 9.47 Å². The van der Waals surface area contributed by atoms with Gasteiger partial charge in [-0.1, -0.05) is 12.1 Å². The zero-order chi connectivity index (χ0) is 19.3. The van der Waals surface area contributed by atoms with Crippen molar-refractivity contribution in [2.45, 2.75) is 46.8 Å². The van der Waals surface area contributed by atoms with Gasteiger partial charge >= 0.3 is 5.97 Å². The van der Waals surface area contributed by atoms with Gasteiger partial charge in [0.1, 0.15) is 5.75 Å². The quantitative estimate of drug-likeness (QED) is 0.786. The highest BCUT2D eigenvalue weighted by Gasteiger charge is 2.18. The lowest BCUT2D eigenvalue weighted by molar-refractivity contribution is -0.154. The number of hydrogen-bond acceptors (Lipinski definition) is 4. The Kier molecular flexibility index (Phi) is 6.39. The third-order valence-electron chi connectivity index (χ3n) is 3.97. The molecule has 0 fully saturated rings. The zero-order valence-electron chi connectivity index (χ0n) is 15.8. The van der Waals surface area contributed by atoms with Crippen LogP contribution in [0.5, 0.6) is 5.75 Å². The summed E-state index contributed by atoms with van der Waals surface area (Å²) >= 11 is 0. The molecule has 0 saturated heterocycles. The molecule has 0 bridgehead atoms. The summed E-state index contributed by atoms with van der Waals surface area (Å²) in [6.45, 7) is 9.18. The number of carbonyl (C=O) groups excluding carboxylic acids is 2. The number of rotatable bonds is 6. The molecule has 0 aliphatic rings. The first kappa shape index (κ1) is 19.5. The Labute approximate surface area is 154 Å². The number of esters is 1. The van der Waals surface area contributed by atoms with E-state index in [2.05, 4.69) is 5.32 Å². The summed E-state index contributed by atoms with van der Waals surface area (Å²) in [4.78, 5) is 24.2. The normalized spacial score (nSPS) is 11.8. The molecule has 0 spiro atoms. The fourth-order valence-electron chi connectivity index (χ4n) is 2.35. The first-order valence-corrected chi connectivity index (χ1v) is 8.62. The Hall–Kier alpha value is -2.82. The van der Waals surface area contributed by atoms with Gasteiger partial charge in [0, 0.05) is 11.3 Å². The Bertz CT molecular complexity index is 781. The molecule has 0 saturated carbocycles. The molecule has 5 heteroatoms. The first-order valence-electron chi connectivity index (χ1n) is 8.62. The van der Waals surface area contributed by atoms with E-state index in [0.29, 0.717) is 11.3 Å². The summed E-state index contributed by atoms with van der Waals surface area (Å²) < 4.78 is 10.7. The van der Waals surface area contributed by atoms with Crippen LogP contribution in [0.15, 0.2) is 42.5 Å². The molecular weight excluding hydrogens is 330 g/mol. The maximum absolute atomic E-state index is 12.4. The molecule has 2 aromatic carbocycles. The number of carbonyl (C=O) groups is 2. The number of anilines is 1. The summed E-state index contributed by atoms with van der Waals surface area (Å²) in [7, 11) is 0. The van der Waals surface area contributed by atoms with Crippen molar-refractivity contribution in [3.05, 3.63) is 59.2 Å². The average molecular weight is 355 g/mol. The lowest BCUT2D eigenvalue weighted by Crippen LogP contribution is -2.28. The summed E-state index contributed by atoms with van der Waals surface area (Å²) in [6.07, 6.45) is -0.906. The van der Waals surface area contributed by atoms with Crippen molar-refractivity contribution in [1.29, 1.82) is 0 Å². The van der Waals surface area contributed by atoms with Gasteiger partial charge in [-0.05, 0) is 76.1 Å². The molecule has 5 nitrogen and oxygen atoms in total. The van der Waals surface area contributed by atoms with Crippen molar-refractivity contribution >= 4 is 17.6 Å². The van der Waals surface area contributed by atoms with Gasteiger partial charge < -0.3 is 14.8 Å². The van der Waals surface area contributed by atoms with Crippen LogP contribution in [0.25, 0.3) is 0 Å². The first-order chi connectivity index (χ1) is 12.3.